The van der Waals surface area contributed by atoms with Crippen molar-refractivity contribution < 1.29 is 22.7 Å². The lowest BCUT2D eigenvalue weighted by molar-refractivity contribution is -0.105. The van der Waals surface area contributed by atoms with Gasteiger partial charge < -0.3 is 25.3 Å². The number of fused-ring (bicyclic) bond motifs is 2. The second-order valence-corrected chi connectivity index (χ2v) is 10.3. The molecule has 3 unspecified atom stereocenters. The van der Waals surface area contributed by atoms with Crippen LogP contribution in [0.15, 0.2) is 18.3 Å². The van der Waals surface area contributed by atoms with Crippen LogP contribution in [0.1, 0.15) is 35.1 Å². The Balaban J connectivity index is 1.28. The number of rotatable bonds is 7. The van der Waals surface area contributed by atoms with Crippen LogP contribution in [0.25, 0.3) is 11.0 Å². The number of alkyl halides is 2. The Kier molecular flexibility index (Phi) is 7.23. The van der Waals surface area contributed by atoms with Crippen molar-refractivity contribution in [3.63, 3.8) is 0 Å². The van der Waals surface area contributed by atoms with Gasteiger partial charge in [0.15, 0.2) is 23.0 Å². The summed E-state index contributed by atoms with van der Waals surface area (Å²) >= 11 is 6.29. The van der Waals surface area contributed by atoms with Crippen molar-refractivity contribution in [1.29, 1.82) is 0 Å². The lowest BCUT2D eigenvalue weighted by Gasteiger charge is -2.27. The maximum absolute atomic E-state index is 15.1. The molecule has 3 aromatic heterocycles. The van der Waals surface area contributed by atoms with Crippen molar-refractivity contribution in [3.05, 3.63) is 46.1 Å². The molecule has 0 saturated carbocycles. The lowest BCUT2D eigenvalue weighted by atomic mass is 9.91. The van der Waals surface area contributed by atoms with Gasteiger partial charge in [-0.2, -0.15) is 0 Å². The predicted octanol–water partition coefficient (Wildman–Crippen LogP) is 2.97. The average Bonchev–Trinajstić information content (AvgIpc) is 3.43. The van der Waals surface area contributed by atoms with Gasteiger partial charge in [-0.05, 0) is 43.9 Å². The first-order chi connectivity index (χ1) is 18.1. The van der Waals surface area contributed by atoms with Gasteiger partial charge in [0.05, 0.1) is 10.9 Å². The molecule has 38 heavy (non-hydrogen) atoms. The molecule has 1 aliphatic heterocycles. The minimum Gasteiger partial charge on any atom is -0.378 e. The highest BCUT2D eigenvalue weighted by molar-refractivity contribution is 6.35. The largest absolute Gasteiger partial charge is 0.378 e. The van der Waals surface area contributed by atoms with Crippen LogP contribution in [0, 0.1) is 11.7 Å². The standard InChI is InChI=1S/C25H29ClF3N7O2/c1-3-35-10-17(26)15-8-21(33-34-22(15)35)24(37)31-14-4-5-20-13(6-14)7-18(27)23(32-20)36-9-16(19(30)11-36)25(28,29)12-38-2/h7-8,10,14,16,19H,3-6,9,11-12,30H2,1-2H3,(H,31,37). The molecule has 0 aromatic carbocycles. The third kappa shape index (κ3) is 4.92. The zero-order valence-corrected chi connectivity index (χ0v) is 21.8. The first-order valence-corrected chi connectivity index (χ1v) is 12.9. The van der Waals surface area contributed by atoms with Gasteiger partial charge >= 0.3 is 0 Å². The average molecular weight is 552 g/mol. The Hall–Kier alpha value is -2.96. The number of nitrogens with zero attached hydrogens (tertiary/aromatic N) is 5. The van der Waals surface area contributed by atoms with Gasteiger partial charge in [-0.25, -0.2) is 18.2 Å². The van der Waals surface area contributed by atoms with E-state index in [9.17, 15) is 13.6 Å². The molecule has 5 rings (SSSR count). The molecule has 1 amide bonds. The Morgan fingerprint density at radius 1 is 1.32 bits per heavy atom. The number of hydrogen-bond acceptors (Lipinski definition) is 7. The van der Waals surface area contributed by atoms with E-state index >= 15 is 4.39 Å². The van der Waals surface area contributed by atoms with Gasteiger partial charge in [0, 0.05) is 56.1 Å². The SMILES string of the molecule is CCn1cc(Cl)c2cc(C(=O)NC3CCc4nc(N5CC(N)C(C(F)(F)COC)C5)c(F)cc4C3)nnc21. The maximum atomic E-state index is 15.1. The fourth-order valence-corrected chi connectivity index (χ4v) is 5.63. The lowest BCUT2D eigenvalue weighted by Crippen LogP contribution is -2.43. The fraction of sp³-hybridized carbons (Fsp3) is 0.520. The zero-order chi connectivity index (χ0) is 27.2. The molecule has 204 valence electrons. The van der Waals surface area contributed by atoms with Crippen molar-refractivity contribution >= 4 is 34.4 Å². The number of carbonyl (C=O) groups excluding carboxylic acids is 1. The molecular weight excluding hydrogens is 523 g/mol. The van der Waals surface area contributed by atoms with Crippen LogP contribution < -0.4 is 16.0 Å². The summed E-state index contributed by atoms with van der Waals surface area (Å²) in [4.78, 5) is 18.9. The van der Waals surface area contributed by atoms with E-state index in [1.54, 1.807) is 12.3 Å². The van der Waals surface area contributed by atoms with E-state index in [4.69, 9.17) is 17.3 Å². The van der Waals surface area contributed by atoms with E-state index in [0.29, 0.717) is 53.1 Å². The van der Waals surface area contributed by atoms with Gasteiger partial charge in [0.2, 0.25) is 0 Å². The number of nitrogens with one attached hydrogen (secondary N) is 1. The van der Waals surface area contributed by atoms with Crippen LogP contribution in [0.4, 0.5) is 19.0 Å². The molecule has 2 aliphatic rings. The van der Waals surface area contributed by atoms with Gasteiger partial charge in [-0.3, -0.25) is 4.79 Å². The van der Waals surface area contributed by atoms with Crippen molar-refractivity contribution in [3.8, 4) is 0 Å². The Morgan fingerprint density at radius 2 is 2.11 bits per heavy atom. The minimum absolute atomic E-state index is 0.0249. The van der Waals surface area contributed by atoms with Crippen molar-refractivity contribution in [1.82, 2.24) is 25.1 Å². The van der Waals surface area contributed by atoms with E-state index in [1.807, 2.05) is 11.5 Å². The molecule has 3 N–H and O–H groups in total. The third-order valence-electron chi connectivity index (χ3n) is 7.35. The summed E-state index contributed by atoms with van der Waals surface area (Å²) in [6, 6.07) is 1.89. The monoisotopic (exact) mass is 551 g/mol. The number of amides is 1. The molecule has 1 fully saturated rings. The molecule has 0 radical (unpaired) electrons. The number of hydrogen-bond donors (Lipinski definition) is 2. The number of pyridine rings is 1. The highest BCUT2D eigenvalue weighted by atomic mass is 35.5. The van der Waals surface area contributed by atoms with Crippen molar-refractivity contribution in [2.45, 2.75) is 50.7 Å². The molecule has 0 bridgehead atoms. The number of nitrogens with two attached hydrogens (primary N) is 1. The molecular formula is C25H29ClF3N7O2. The first kappa shape index (κ1) is 26.6. The van der Waals surface area contributed by atoms with E-state index in [1.165, 1.54) is 18.1 Å². The topological polar surface area (TPSA) is 111 Å². The Morgan fingerprint density at radius 3 is 2.84 bits per heavy atom. The second kappa shape index (κ2) is 10.3. The van der Waals surface area contributed by atoms with Crippen LogP contribution in [-0.4, -0.2) is 70.5 Å². The highest BCUT2D eigenvalue weighted by Crippen LogP contribution is 2.35. The van der Waals surface area contributed by atoms with E-state index in [2.05, 4.69) is 25.2 Å². The summed E-state index contributed by atoms with van der Waals surface area (Å²) in [6.07, 6.45) is 3.19. The van der Waals surface area contributed by atoms with Crippen LogP contribution in [-0.2, 0) is 24.1 Å². The molecule has 3 aromatic rings. The van der Waals surface area contributed by atoms with E-state index in [-0.39, 0.29) is 30.6 Å². The quantitative estimate of drug-likeness (QED) is 0.464. The molecule has 1 saturated heterocycles. The summed E-state index contributed by atoms with van der Waals surface area (Å²) in [5.41, 5.74) is 8.08. The van der Waals surface area contributed by atoms with Crippen molar-refractivity contribution in [2.75, 3.05) is 31.7 Å². The van der Waals surface area contributed by atoms with Gasteiger partial charge in [0.1, 0.15) is 6.61 Å². The number of carbonyl (C=O) groups is 1. The molecule has 0 spiro atoms. The molecule has 3 atom stereocenters. The number of halogens is 4. The number of methoxy groups -OCH3 is 1. The number of ether oxygens (including phenoxy) is 1. The maximum Gasteiger partial charge on any atom is 0.276 e. The fourth-order valence-electron chi connectivity index (χ4n) is 5.37. The molecule has 1 aliphatic carbocycles. The minimum atomic E-state index is -3.13. The normalized spacial score (nSPS) is 21.7. The smallest absolute Gasteiger partial charge is 0.276 e. The summed E-state index contributed by atoms with van der Waals surface area (Å²) in [5.74, 6) is -5.27. The number of anilines is 1. The van der Waals surface area contributed by atoms with Crippen LogP contribution >= 0.6 is 11.6 Å². The summed E-state index contributed by atoms with van der Waals surface area (Å²) in [7, 11) is 1.21. The summed E-state index contributed by atoms with van der Waals surface area (Å²) < 4.78 is 50.5. The van der Waals surface area contributed by atoms with Gasteiger partial charge in [0.25, 0.3) is 11.8 Å². The van der Waals surface area contributed by atoms with Crippen LogP contribution in [0.5, 0.6) is 0 Å². The third-order valence-corrected chi connectivity index (χ3v) is 7.65. The van der Waals surface area contributed by atoms with Crippen molar-refractivity contribution in [2.24, 2.45) is 11.7 Å². The van der Waals surface area contributed by atoms with Gasteiger partial charge in [-0.1, -0.05) is 11.6 Å². The highest BCUT2D eigenvalue weighted by Gasteiger charge is 2.48. The zero-order valence-electron chi connectivity index (χ0n) is 21.1. The molecule has 4 heterocycles. The van der Waals surface area contributed by atoms with Gasteiger partial charge in [-0.15, -0.1) is 10.2 Å². The summed E-state index contributed by atoms with van der Waals surface area (Å²) in [5, 5.41) is 12.3. The van der Waals surface area contributed by atoms with Crippen LogP contribution in [0.3, 0.4) is 0 Å². The van der Waals surface area contributed by atoms with Crippen LogP contribution in [0.2, 0.25) is 5.02 Å². The molecule has 9 nitrogen and oxygen atoms in total. The van der Waals surface area contributed by atoms with E-state index < -0.39 is 36.2 Å². The Bertz CT molecular complexity index is 1370. The number of aryl methyl sites for hydroxylation is 2. The number of aromatic nitrogens is 4. The second-order valence-electron chi connectivity index (χ2n) is 9.91. The first-order valence-electron chi connectivity index (χ1n) is 12.5. The van der Waals surface area contributed by atoms with E-state index in [0.717, 1.165) is 0 Å². The summed E-state index contributed by atoms with van der Waals surface area (Å²) in [6.45, 7) is 1.84. The Labute approximate surface area is 222 Å². The predicted molar refractivity (Wildman–Crippen MR) is 136 cm³/mol. The molecule has 13 heteroatoms.